The van der Waals surface area contributed by atoms with Crippen molar-refractivity contribution in [2.75, 3.05) is 61.9 Å². The van der Waals surface area contributed by atoms with Gasteiger partial charge in [0.1, 0.15) is 36.4 Å². The molecule has 0 unspecified atom stereocenters. The van der Waals surface area contributed by atoms with Crippen molar-refractivity contribution in [3.05, 3.63) is 60.2 Å². The van der Waals surface area contributed by atoms with Crippen LogP contribution in [-0.2, 0) is 38.9 Å². The number of aliphatic imine (C=N–C) groups is 2. The molecule has 14 nitrogen and oxygen atoms in total. The fourth-order valence-electron chi connectivity index (χ4n) is 4.11. The van der Waals surface area contributed by atoms with Crippen molar-refractivity contribution in [3.8, 4) is 0 Å². The van der Waals surface area contributed by atoms with Crippen LogP contribution in [0.25, 0.3) is 0 Å². The van der Waals surface area contributed by atoms with Gasteiger partial charge in [-0.3, -0.25) is 9.98 Å². The molecule has 0 saturated carbocycles. The Hall–Kier alpha value is -4.58. The van der Waals surface area contributed by atoms with Crippen molar-refractivity contribution in [3.63, 3.8) is 0 Å². The van der Waals surface area contributed by atoms with Crippen molar-refractivity contribution in [1.82, 2.24) is 10.6 Å². The third-order valence-electron chi connectivity index (χ3n) is 6.01. The molecular formula is C26H28F2N6O8S2. The van der Waals surface area contributed by atoms with E-state index < -0.39 is 53.0 Å². The molecule has 2 aliphatic heterocycles. The first-order chi connectivity index (χ1) is 20.7. The van der Waals surface area contributed by atoms with Gasteiger partial charge < -0.3 is 20.3 Å². The Bertz CT molecular complexity index is 1640. The molecule has 0 radical (unpaired) electrons. The molecule has 0 atom stereocenters. The summed E-state index contributed by atoms with van der Waals surface area (Å²) in [6.45, 7) is 1.41. The molecule has 0 aromatic heterocycles. The fraction of sp³-hybridized carbons (Fsp3) is 0.308. The first-order valence-electron chi connectivity index (χ1n) is 12.9. The number of hydroxylamine groups is 2. The Balaban J connectivity index is 1.56. The maximum Gasteiger partial charge on any atom is 0.356 e. The lowest BCUT2D eigenvalue weighted by molar-refractivity contribution is -0.141. The van der Waals surface area contributed by atoms with Gasteiger partial charge in [0.25, 0.3) is 0 Å². The van der Waals surface area contributed by atoms with E-state index in [9.17, 15) is 35.2 Å². The summed E-state index contributed by atoms with van der Waals surface area (Å²) in [6.07, 6.45) is 3.10. The van der Waals surface area contributed by atoms with E-state index in [0.717, 1.165) is 59.0 Å². The van der Waals surface area contributed by atoms with Crippen LogP contribution in [0.2, 0.25) is 0 Å². The molecule has 2 heterocycles. The standard InChI is InChI=1S/C26H28F2N6O8S2/c1-43(37,38)21-13-17(27)3-5-19(21)33(15-23-29-9-10-30-23)41-25(35)7-8-26(36)42-34(16-24-31-11-12-32-24)20-6-4-18(28)14-22(20)44(2,39)40/h3-8,13-14H,9-12,15-16H2,1-2H3,(H,29,30)(H,31,32)/b8-7+. The number of carbonyl (C=O) groups is 2. The number of amidine groups is 2. The second-order valence-electron chi connectivity index (χ2n) is 9.51. The summed E-state index contributed by atoms with van der Waals surface area (Å²) in [6, 6.07) is 5.76. The van der Waals surface area contributed by atoms with Crippen LogP contribution >= 0.6 is 0 Å². The molecule has 0 saturated heterocycles. The second kappa shape index (κ2) is 13.4. The summed E-state index contributed by atoms with van der Waals surface area (Å²) in [5.74, 6) is -3.21. The van der Waals surface area contributed by atoms with Gasteiger partial charge in [0.05, 0.1) is 34.3 Å². The highest BCUT2D eigenvalue weighted by Gasteiger charge is 2.26. The van der Waals surface area contributed by atoms with E-state index in [2.05, 4.69) is 20.6 Å². The summed E-state index contributed by atoms with van der Waals surface area (Å²) < 4.78 is 77.3. The molecule has 236 valence electrons. The van der Waals surface area contributed by atoms with Gasteiger partial charge >= 0.3 is 11.9 Å². The van der Waals surface area contributed by atoms with E-state index in [-0.39, 0.29) is 24.5 Å². The molecule has 18 heteroatoms. The minimum absolute atomic E-state index is 0.157. The minimum Gasteiger partial charge on any atom is -0.370 e. The number of nitrogens with zero attached hydrogens (tertiary/aromatic N) is 4. The zero-order valence-corrected chi connectivity index (χ0v) is 25.1. The molecule has 2 aliphatic rings. The van der Waals surface area contributed by atoms with Crippen molar-refractivity contribution in [1.29, 1.82) is 0 Å². The Morgan fingerprint density at radius 2 is 1.16 bits per heavy atom. The van der Waals surface area contributed by atoms with Crippen LogP contribution in [0.4, 0.5) is 20.2 Å². The third-order valence-corrected chi connectivity index (χ3v) is 8.26. The Morgan fingerprint density at radius 3 is 1.48 bits per heavy atom. The van der Waals surface area contributed by atoms with Gasteiger partial charge in [-0.15, -0.1) is 0 Å². The van der Waals surface area contributed by atoms with Crippen molar-refractivity contribution in [2.24, 2.45) is 9.98 Å². The van der Waals surface area contributed by atoms with E-state index >= 15 is 0 Å². The first-order valence-corrected chi connectivity index (χ1v) is 16.7. The van der Waals surface area contributed by atoms with E-state index in [0.29, 0.717) is 50.0 Å². The fourth-order valence-corrected chi connectivity index (χ4v) is 5.86. The molecular weight excluding hydrogens is 626 g/mol. The lowest BCUT2D eigenvalue weighted by Gasteiger charge is -2.25. The topological polar surface area (TPSA) is 176 Å². The number of benzene rings is 2. The molecule has 2 aromatic rings. The van der Waals surface area contributed by atoms with Crippen LogP contribution in [0, 0.1) is 11.6 Å². The summed E-state index contributed by atoms with van der Waals surface area (Å²) in [5, 5.41) is 7.67. The number of hydrogen-bond donors (Lipinski definition) is 2. The van der Waals surface area contributed by atoms with Gasteiger partial charge in [0.2, 0.25) is 0 Å². The number of sulfone groups is 2. The van der Waals surface area contributed by atoms with E-state index in [1.54, 1.807) is 0 Å². The number of rotatable bonds is 12. The van der Waals surface area contributed by atoms with Gasteiger partial charge in [0, 0.05) is 37.8 Å². The highest BCUT2D eigenvalue weighted by Crippen LogP contribution is 2.28. The molecule has 0 spiro atoms. The van der Waals surface area contributed by atoms with Crippen LogP contribution < -0.4 is 20.8 Å². The highest BCUT2D eigenvalue weighted by atomic mass is 32.2. The van der Waals surface area contributed by atoms with Gasteiger partial charge in [-0.25, -0.2) is 35.2 Å². The quantitative estimate of drug-likeness (QED) is 0.241. The van der Waals surface area contributed by atoms with E-state index in [1.165, 1.54) is 0 Å². The van der Waals surface area contributed by atoms with Crippen LogP contribution in [0.15, 0.2) is 68.3 Å². The summed E-state index contributed by atoms with van der Waals surface area (Å²) >= 11 is 0. The number of hydrogen-bond acceptors (Lipinski definition) is 14. The Labute approximate surface area is 251 Å². The largest absolute Gasteiger partial charge is 0.370 e. The molecule has 2 N–H and O–H groups in total. The summed E-state index contributed by atoms with van der Waals surface area (Å²) in [5.41, 5.74) is -0.314. The minimum atomic E-state index is -3.97. The smallest absolute Gasteiger partial charge is 0.356 e. The lowest BCUT2D eigenvalue weighted by Crippen LogP contribution is -2.38. The van der Waals surface area contributed by atoms with Gasteiger partial charge in [-0.1, -0.05) is 0 Å². The zero-order valence-electron chi connectivity index (χ0n) is 23.5. The van der Waals surface area contributed by atoms with Crippen LogP contribution in [0.5, 0.6) is 0 Å². The number of halogens is 2. The Kier molecular flexibility index (Phi) is 9.83. The zero-order chi connectivity index (χ0) is 32.1. The number of carbonyl (C=O) groups excluding carboxylic acids is 2. The molecule has 4 rings (SSSR count). The average molecular weight is 655 g/mol. The molecule has 44 heavy (non-hydrogen) atoms. The van der Waals surface area contributed by atoms with E-state index in [4.69, 9.17) is 9.68 Å². The monoisotopic (exact) mass is 654 g/mol. The molecule has 0 fully saturated rings. The molecule has 2 aromatic carbocycles. The maximum absolute atomic E-state index is 13.9. The van der Waals surface area contributed by atoms with Crippen molar-refractivity contribution >= 4 is 54.7 Å². The lowest BCUT2D eigenvalue weighted by atomic mass is 10.3. The van der Waals surface area contributed by atoms with Gasteiger partial charge in [-0.05, 0) is 36.4 Å². The van der Waals surface area contributed by atoms with Crippen LogP contribution in [-0.4, -0.2) is 92.2 Å². The van der Waals surface area contributed by atoms with Crippen molar-refractivity contribution in [2.45, 2.75) is 9.79 Å². The maximum atomic E-state index is 13.9. The van der Waals surface area contributed by atoms with Gasteiger partial charge in [-0.2, -0.15) is 10.1 Å². The van der Waals surface area contributed by atoms with Gasteiger partial charge in [0.15, 0.2) is 19.7 Å². The summed E-state index contributed by atoms with van der Waals surface area (Å²) in [4.78, 5) is 43.7. The number of anilines is 2. The SMILES string of the molecule is CS(=O)(=O)c1cc(F)ccc1N(CC1=NCCN1)OC(=O)/C=C/C(=O)ON(CC1=NCCN1)c1ccc(F)cc1S(C)(=O)=O. The van der Waals surface area contributed by atoms with Crippen LogP contribution in [0.1, 0.15) is 0 Å². The van der Waals surface area contributed by atoms with Crippen LogP contribution in [0.3, 0.4) is 0 Å². The molecule has 0 amide bonds. The normalized spacial score (nSPS) is 14.8. The highest BCUT2D eigenvalue weighted by molar-refractivity contribution is 7.91. The Morgan fingerprint density at radius 1 is 0.773 bits per heavy atom. The predicted octanol–water partition coefficient (Wildman–Crippen LogP) is 0.561. The molecule has 0 bridgehead atoms. The first kappa shape index (κ1) is 32.3. The van der Waals surface area contributed by atoms with Crippen molar-refractivity contribution < 1.29 is 44.9 Å². The predicted molar refractivity (Wildman–Crippen MR) is 156 cm³/mol. The van der Waals surface area contributed by atoms with E-state index in [1.807, 2.05) is 0 Å². The average Bonchev–Trinajstić information content (AvgIpc) is 3.65. The number of nitrogens with one attached hydrogen (secondary N) is 2. The third kappa shape index (κ3) is 8.50. The summed E-state index contributed by atoms with van der Waals surface area (Å²) in [7, 11) is -7.95. The second-order valence-corrected chi connectivity index (χ2v) is 13.5. The molecule has 0 aliphatic carbocycles.